The zero-order valence-electron chi connectivity index (χ0n) is 24.0. The summed E-state index contributed by atoms with van der Waals surface area (Å²) >= 11 is 6.04. The van der Waals surface area contributed by atoms with Crippen LogP contribution in [0.2, 0.25) is 5.02 Å². The van der Waals surface area contributed by atoms with E-state index >= 15 is 8.78 Å². The average Bonchev–Trinajstić information content (AvgIpc) is 3.36. The summed E-state index contributed by atoms with van der Waals surface area (Å²) in [6, 6.07) is 12.0. The second-order valence-electron chi connectivity index (χ2n) is 9.88. The van der Waals surface area contributed by atoms with Crippen LogP contribution in [0.3, 0.4) is 0 Å². The van der Waals surface area contributed by atoms with Crippen LogP contribution < -0.4 is 10.1 Å². The first-order valence-corrected chi connectivity index (χ1v) is 14.0. The van der Waals surface area contributed by atoms with Gasteiger partial charge in [0.25, 0.3) is 5.91 Å². The summed E-state index contributed by atoms with van der Waals surface area (Å²) in [5.41, 5.74) is 2.66. The zero-order valence-corrected chi connectivity index (χ0v) is 24.7. The lowest BCUT2D eigenvalue weighted by molar-refractivity contribution is 0.0916. The summed E-state index contributed by atoms with van der Waals surface area (Å²) in [7, 11) is 1.99. The maximum atomic E-state index is 16.1. The monoisotopic (exact) mass is 584 g/mol. The number of nitrogens with one attached hydrogen (secondary N) is 1. The van der Waals surface area contributed by atoms with Gasteiger partial charge in [-0.15, -0.1) is 0 Å². The van der Waals surface area contributed by atoms with Crippen molar-refractivity contribution >= 4 is 28.6 Å². The van der Waals surface area contributed by atoms with E-state index in [4.69, 9.17) is 20.8 Å². The highest BCUT2D eigenvalue weighted by Gasteiger charge is 2.27. The minimum absolute atomic E-state index is 0.0669. The van der Waals surface area contributed by atoms with Gasteiger partial charge in [0.15, 0.2) is 23.8 Å². The van der Waals surface area contributed by atoms with E-state index in [0.29, 0.717) is 41.3 Å². The molecule has 3 aromatic carbocycles. The van der Waals surface area contributed by atoms with Crippen molar-refractivity contribution in [1.82, 2.24) is 20.1 Å². The number of ether oxygens (including phenoxy) is 1. The number of aromatic nitrogens is 1. The predicted octanol–water partition coefficient (Wildman–Crippen LogP) is 6.79. The van der Waals surface area contributed by atoms with Crippen molar-refractivity contribution in [2.75, 3.05) is 33.4 Å². The standard InChI is InChI=1S/C31H35ClF2N4O3/c1-6-37(5)16-20-10-9-19(4)22(13-20)23-15-26(40-17-27-36-24-14-21(32)11-12-25(24)41-27)30(34)28(29(23)33)31(39)35-18-38(7-2)8-3/h9-15H,6-8,16-18H2,1-5H3,(H,35,39). The maximum Gasteiger partial charge on any atom is 0.258 e. The molecule has 0 saturated carbocycles. The first-order chi connectivity index (χ1) is 19.6. The van der Waals surface area contributed by atoms with Gasteiger partial charge < -0.3 is 19.4 Å². The highest BCUT2D eigenvalue weighted by Crippen LogP contribution is 2.36. The summed E-state index contributed by atoms with van der Waals surface area (Å²) in [5.74, 6) is -3.02. The van der Waals surface area contributed by atoms with Crippen LogP contribution in [-0.2, 0) is 13.2 Å². The molecule has 0 radical (unpaired) electrons. The molecule has 4 rings (SSSR count). The van der Waals surface area contributed by atoms with Crippen LogP contribution in [0.4, 0.5) is 8.78 Å². The van der Waals surface area contributed by atoms with Crippen LogP contribution in [0.25, 0.3) is 22.2 Å². The van der Waals surface area contributed by atoms with Crippen molar-refractivity contribution in [3.63, 3.8) is 0 Å². The molecule has 10 heteroatoms. The van der Waals surface area contributed by atoms with E-state index in [0.717, 1.165) is 17.7 Å². The minimum Gasteiger partial charge on any atom is -0.481 e. The smallest absolute Gasteiger partial charge is 0.258 e. The van der Waals surface area contributed by atoms with E-state index in [1.807, 2.05) is 57.8 Å². The number of carbonyl (C=O) groups is 1. The number of oxazole rings is 1. The number of amides is 1. The summed E-state index contributed by atoms with van der Waals surface area (Å²) < 4.78 is 43.4. The molecule has 0 fully saturated rings. The lowest BCUT2D eigenvalue weighted by Gasteiger charge is -2.20. The molecule has 0 bridgehead atoms. The number of hydrogen-bond donors (Lipinski definition) is 1. The molecular formula is C31H35ClF2N4O3. The van der Waals surface area contributed by atoms with E-state index in [1.165, 1.54) is 6.07 Å². The van der Waals surface area contributed by atoms with Crippen LogP contribution in [0.5, 0.6) is 5.75 Å². The number of carbonyl (C=O) groups excluding carboxylic acids is 1. The molecular weight excluding hydrogens is 550 g/mol. The van der Waals surface area contributed by atoms with Crippen LogP contribution in [0, 0.1) is 18.6 Å². The predicted molar refractivity (Wildman–Crippen MR) is 157 cm³/mol. The molecule has 0 aliphatic rings. The molecule has 41 heavy (non-hydrogen) atoms. The fourth-order valence-corrected chi connectivity index (χ4v) is 4.63. The number of fused-ring (bicyclic) bond motifs is 1. The highest BCUT2D eigenvalue weighted by molar-refractivity contribution is 6.31. The van der Waals surface area contributed by atoms with Gasteiger partial charge >= 0.3 is 0 Å². The molecule has 1 aromatic heterocycles. The lowest BCUT2D eigenvalue weighted by Crippen LogP contribution is -2.38. The Labute approximate surface area is 244 Å². The number of benzene rings is 3. The molecule has 1 N–H and O–H groups in total. The van der Waals surface area contributed by atoms with Gasteiger partial charge in [-0.1, -0.05) is 44.5 Å². The van der Waals surface area contributed by atoms with Crippen molar-refractivity contribution in [2.24, 2.45) is 0 Å². The summed E-state index contributed by atoms with van der Waals surface area (Å²) in [5, 5.41) is 3.14. The van der Waals surface area contributed by atoms with E-state index in [9.17, 15) is 4.79 Å². The number of halogens is 3. The van der Waals surface area contributed by atoms with Crippen LogP contribution in [0.1, 0.15) is 48.1 Å². The molecule has 7 nitrogen and oxygen atoms in total. The highest BCUT2D eigenvalue weighted by atomic mass is 35.5. The number of aryl methyl sites for hydroxylation is 1. The van der Waals surface area contributed by atoms with Crippen LogP contribution in [0.15, 0.2) is 46.9 Å². The molecule has 0 saturated heterocycles. The second-order valence-corrected chi connectivity index (χ2v) is 10.3. The van der Waals surface area contributed by atoms with Crippen molar-refractivity contribution < 1.29 is 22.7 Å². The Kier molecular flexibility index (Phi) is 9.96. The average molecular weight is 585 g/mol. The van der Waals surface area contributed by atoms with Gasteiger partial charge in [0, 0.05) is 17.1 Å². The SMILES string of the molecule is CCN(C)Cc1ccc(C)c(-c2cc(OCc3nc4cc(Cl)ccc4o3)c(F)c(C(=O)NCN(CC)CC)c2F)c1. The molecule has 218 valence electrons. The van der Waals surface area contributed by atoms with E-state index in [2.05, 4.69) is 15.2 Å². The Balaban J connectivity index is 1.75. The van der Waals surface area contributed by atoms with Crippen LogP contribution >= 0.6 is 11.6 Å². The topological polar surface area (TPSA) is 70.8 Å². The van der Waals surface area contributed by atoms with Crippen molar-refractivity contribution in [1.29, 1.82) is 0 Å². The second kappa shape index (κ2) is 13.4. The van der Waals surface area contributed by atoms with Gasteiger partial charge in [0.05, 0.1) is 6.67 Å². The Hall–Kier alpha value is -3.53. The third-order valence-corrected chi connectivity index (χ3v) is 7.32. The van der Waals surface area contributed by atoms with Gasteiger partial charge in [0.2, 0.25) is 5.89 Å². The quantitative estimate of drug-likeness (QED) is 0.185. The number of rotatable bonds is 12. The summed E-state index contributed by atoms with van der Waals surface area (Å²) in [6.45, 7) is 10.5. The fraction of sp³-hybridized carbons (Fsp3) is 0.355. The molecule has 1 amide bonds. The van der Waals surface area contributed by atoms with E-state index in [1.54, 1.807) is 18.2 Å². The zero-order chi connectivity index (χ0) is 29.7. The molecule has 0 unspecified atom stereocenters. The first kappa shape index (κ1) is 30.4. The number of nitrogens with zero attached hydrogens (tertiary/aromatic N) is 3. The minimum atomic E-state index is -1.10. The van der Waals surface area contributed by atoms with Crippen molar-refractivity contribution in [3.8, 4) is 16.9 Å². The Morgan fingerprint density at radius 1 is 1.02 bits per heavy atom. The van der Waals surface area contributed by atoms with Crippen molar-refractivity contribution in [2.45, 2.75) is 40.8 Å². The third kappa shape index (κ3) is 7.04. The van der Waals surface area contributed by atoms with Gasteiger partial charge in [-0.2, -0.15) is 0 Å². The lowest BCUT2D eigenvalue weighted by atomic mass is 9.95. The maximum absolute atomic E-state index is 16.1. The van der Waals surface area contributed by atoms with Gasteiger partial charge in [-0.25, -0.2) is 13.8 Å². The normalized spacial score (nSPS) is 11.6. The van der Waals surface area contributed by atoms with Gasteiger partial charge in [-0.05, 0) is 80.6 Å². The molecule has 0 spiro atoms. The van der Waals surface area contributed by atoms with E-state index < -0.39 is 23.1 Å². The Bertz CT molecular complexity index is 1540. The van der Waals surface area contributed by atoms with Gasteiger partial charge in [0.1, 0.15) is 16.9 Å². The van der Waals surface area contributed by atoms with Crippen LogP contribution in [-0.4, -0.2) is 54.0 Å². The summed E-state index contributed by atoms with van der Waals surface area (Å²) in [4.78, 5) is 21.6. The fourth-order valence-electron chi connectivity index (χ4n) is 4.46. The molecule has 1 heterocycles. The molecule has 0 aliphatic heterocycles. The summed E-state index contributed by atoms with van der Waals surface area (Å²) in [6.07, 6.45) is 0. The third-order valence-electron chi connectivity index (χ3n) is 7.08. The first-order valence-electron chi connectivity index (χ1n) is 13.6. The largest absolute Gasteiger partial charge is 0.481 e. The Morgan fingerprint density at radius 3 is 2.49 bits per heavy atom. The number of hydrogen-bond acceptors (Lipinski definition) is 6. The van der Waals surface area contributed by atoms with Crippen molar-refractivity contribution in [3.05, 3.63) is 81.7 Å². The van der Waals surface area contributed by atoms with E-state index in [-0.39, 0.29) is 30.5 Å². The van der Waals surface area contributed by atoms with Gasteiger partial charge in [-0.3, -0.25) is 9.69 Å². The molecule has 0 atom stereocenters. The molecule has 4 aromatic rings. The Morgan fingerprint density at radius 2 is 1.78 bits per heavy atom. The molecule has 0 aliphatic carbocycles.